The number of nitrogen functional groups attached to an aromatic ring is 1. The number of carbonyl (C=O) groups excluding carboxylic acids is 2. The maximum Gasteiger partial charge on any atom is 0.326 e. The van der Waals surface area contributed by atoms with Crippen molar-refractivity contribution >= 4 is 35.3 Å². The number of fused-ring (bicyclic) bond motifs is 1. The monoisotopic (exact) mass is 431 g/mol. The minimum Gasteiger partial charge on any atom is -0.480 e. The number of carboxylic acid groups (broad SMARTS) is 1. The molecule has 2 aromatic rings. The van der Waals surface area contributed by atoms with Crippen LogP contribution in [0.4, 0.5) is 5.95 Å². The molecule has 1 unspecified atom stereocenters. The predicted octanol–water partition coefficient (Wildman–Crippen LogP) is -0.508. The third-order valence-electron chi connectivity index (χ3n) is 5.34. The summed E-state index contributed by atoms with van der Waals surface area (Å²) in [4.78, 5) is 60.8. The van der Waals surface area contributed by atoms with Gasteiger partial charge in [-0.25, -0.2) is 14.8 Å². The number of aliphatic carboxylic acids is 1. The zero-order valence-corrected chi connectivity index (χ0v) is 16.8. The molecule has 2 aromatic heterocycles. The number of nitrogens with zero attached hydrogens (tertiary/aromatic N) is 3. The summed E-state index contributed by atoms with van der Waals surface area (Å²) in [6.45, 7) is 0.404. The lowest BCUT2D eigenvalue weighted by Gasteiger charge is -2.29. The van der Waals surface area contributed by atoms with E-state index in [-0.39, 0.29) is 47.8 Å². The molecule has 1 aliphatic rings. The third-order valence-corrected chi connectivity index (χ3v) is 5.34. The van der Waals surface area contributed by atoms with Gasteiger partial charge in [-0.05, 0) is 32.1 Å². The van der Waals surface area contributed by atoms with Gasteiger partial charge in [-0.1, -0.05) is 0 Å². The Morgan fingerprint density at radius 3 is 2.71 bits per heavy atom. The van der Waals surface area contributed by atoms with E-state index in [4.69, 9.17) is 5.73 Å². The van der Waals surface area contributed by atoms with E-state index < -0.39 is 17.6 Å². The van der Waals surface area contributed by atoms with Crippen molar-refractivity contribution in [3.63, 3.8) is 0 Å². The lowest BCUT2D eigenvalue weighted by atomic mass is 9.85. The molecule has 0 radical (unpaired) electrons. The molecule has 2 heterocycles. The first-order valence-corrected chi connectivity index (χ1v) is 10.1. The van der Waals surface area contributed by atoms with Crippen molar-refractivity contribution in [3.8, 4) is 0 Å². The zero-order chi connectivity index (χ0) is 22.4. The van der Waals surface area contributed by atoms with Crippen LogP contribution in [0.15, 0.2) is 11.0 Å². The van der Waals surface area contributed by atoms with Crippen LogP contribution in [0.5, 0.6) is 0 Å². The number of nitrogens with two attached hydrogens (primary N) is 1. The van der Waals surface area contributed by atoms with Gasteiger partial charge in [0.15, 0.2) is 11.2 Å². The molecule has 6 N–H and O–H groups in total. The van der Waals surface area contributed by atoms with E-state index in [1.165, 1.54) is 6.20 Å². The largest absolute Gasteiger partial charge is 0.480 e. The summed E-state index contributed by atoms with van der Waals surface area (Å²) in [6.07, 6.45) is 5.06. The Balaban J connectivity index is 1.49. The van der Waals surface area contributed by atoms with Crippen LogP contribution in [0.3, 0.4) is 0 Å². The van der Waals surface area contributed by atoms with Crippen LogP contribution in [0, 0.1) is 5.92 Å². The van der Waals surface area contributed by atoms with Crippen molar-refractivity contribution in [3.05, 3.63) is 22.2 Å². The Morgan fingerprint density at radius 2 is 2.03 bits per heavy atom. The highest BCUT2D eigenvalue weighted by Crippen LogP contribution is 2.25. The summed E-state index contributed by atoms with van der Waals surface area (Å²) in [5.74, 6) is -1.70. The molecule has 12 heteroatoms. The number of carbonyl (C=O) groups is 3. The number of amides is 1. The van der Waals surface area contributed by atoms with Gasteiger partial charge in [-0.15, -0.1) is 0 Å². The van der Waals surface area contributed by atoms with Gasteiger partial charge < -0.3 is 26.3 Å². The first-order chi connectivity index (χ1) is 14.9. The van der Waals surface area contributed by atoms with Crippen LogP contribution < -0.4 is 21.9 Å². The van der Waals surface area contributed by atoms with Gasteiger partial charge in [0.25, 0.3) is 5.56 Å². The normalized spacial score (nSPS) is 19.6. The standard InChI is InChI=1S/C19H25N7O5/c20-19-25-15-14(17(29)26-19)23-12(9-22-15)8-21-11-5-3-10(4-6-11)16(28)24-13(18(30)31)2-1-7-27/h7,9-11,13,21H,1-6,8H2,(H,24,28)(H,30,31)(H3,20,22,25,26,29). The second kappa shape index (κ2) is 10.1. The molecule has 1 atom stereocenters. The second-order valence-electron chi connectivity index (χ2n) is 7.56. The smallest absolute Gasteiger partial charge is 0.326 e. The Bertz CT molecular complexity index is 1020. The number of aldehydes is 1. The fourth-order valence-electron chi connectivity index (χ4n) is 3.65. The highest BCUT2D eigenvalue weighted by molar-refractivity contribution is 5.85. The van der Waals surface area contributed by atoms with Crippen LogP contribution in [0.1, 0.15) is 44.2 Å². The molecule has 12 nitrogen and oxygen atoms in total. The van der Waals surface area contributed by atoms with E-state index in [2.05, 4.69) is 30.6 Å². The van der Waals surface area contributed by atoms with E-state index >= 15 is 0 Å². The molecule has 1 amide bonds. The molecule has 1 aliphatic carbocycles. The number of hydrogen-bond acceptors (Lipinski definition) is 9. The van der Waals surface area contributed by atoms with Gasteiger partial charge in [-0.2, -0.15) is 4.98 Å². The van der Waals surface area contributed by atoms with Crippen molar-refractivity contribution in [1.82, 2.24) is 30.6 Å². The van der Waals surface area contributed by atoms with Crippen molar-refractivity contribution < 1.29 is 19.5 Å². The van der Waals surface area contributed by atoms with E-state index in [0.29, 0.717) is 31.4 Å². The molecule has 0 saturated heterocycles. The summed E-state index contributed by atoms with van der Waals surface area (Å²) < 4.78 is 0. The summed E-state index contributed by atoms with van der Waals surface area (Å²) in [7, 11) is 0. The summed E-state index contributed by atoms with van der Waals surface area (Å²) in [5.41, 5.74) is 5.94. The van der Waals surface area contributed by atoms with E-state index in [1.807, 2.05) is 0 Å². The highest BCUT2D eigenvalue weighted by atomic mass is 16.4. The number of hydrogen-bond donors (Lipinski definition) is 5. The fourth-order valence-corrected chi connectivity index (χ4v) is 3.65. The Labute approximate surface area is 177 Å². The Kier molecular flexibility index (Phi) is 7.23. The van der Waals surface area contributed by atoms with E-state index in [9.17, 15) is 24.3 Å². The molecule has 3 rings (SSSR count). The maximum atomic E-state index is 12.4. The fraction of sp³-hybridized carbons (Fsp3) is 0.526. The van der Waals surface area contributed by atoms with Gasteiger partial charge >= 0.3 is 5.97 Å². The number of anilines is 1. The molecular weight excluding hydrogens is 406 g/mol. The minimum absolute atomic E-state index is 0.0168. The average molecular weight is 431 g/mol. The number of aromatic nitrogens is 4. The van der Waals surface area contributed by atoms with Gasteiger partial charge in [0, 0.05) is 24.9 Å². The third kappa shape index (κ3) is 5.81. The number of nitrogens with one attached hydrogen (secondary N) is 3. The zero-order valence-electron chi connectivity index (χ0n) is 16.8. The van der Waals surface area contributed by atoms with Crippen LogP contribution in [-0.4, -0.2) is 55.3 Å². The Morgan fingerprint density at radius 1 is 1.29 bits per heavy atom. The second-order valence-corrected chi connectivity index (χ2v) is 7.56. The summed E-state index contributed by atoms with van der Waals surface area (Å²) in [6, 6.07) is -0.886. The first kappa shape index (κ1) is 22.3. The van der Waals surface area contributed by atoms with Gasteiger partial charge in [0.2, 0.25) is 11.9 Å². The molecule has 1 saturated carbocycles. The minimum atomic E-state index is -1.14. The quantitative estimate of drug-likeness (QED) is 0.323. The van der Waals surface area contributed by atoms with Crippen molar-refractivity contribution in [1.29, 1.82) is 0 Å². The Hall–Kier alpha value is -3.41. The SMILES string of the molecule is Nc1nc2ncc(CNC3CCC(C(=O)NC(CCC=O)C(=O)O)CC3)nc2c(=O)[nH]1. The number of carboxylic acids is 1. The molecule has 0 bridgehead atoms. The summed E-state index contributed by atoms with van der Waals surface area (Å²) in [5, 5.41) is 15.1. The number of aromatic amines is 1. The van der Waals surface area contributed by atoms with Crippen molar-refractivity contribution in [2.24, 2.45) is 5.92 Å². The molecule has 0 aliphatic heterocycles. The van der Waals surface area contributed by atoms with E-state index in [0.717, 1.165) is 12.8 Å². The molecule has 31 heavy (non-hydrogen) atoms. The first-order valence-electron chi connectivity index (χ1n) is 10.1. The molecular formula is C19H25N7O5. The number of H-pyrrole nitrogens is 1. The lowest BCUT2D eigenvalue weighted by Crippen LogP contribution is -2.45. The van der Waals surface area contributed by atoms with Gasteiger partial charge in [0.05, 0.1) is 11.9 Å². The average Bonchev–Trinajstić information content (AvgIpc) is 2.75. The molecule has 166 valence electrons. The summed E-state index contributed by atoms with van der Waals surface area (Å²) >= 11 is 0. The van der Waals surface area contributed by atoms with E-state index in [1.54, 1.807) is 0 Å². The van der Waals surface area contributed by atoms with Crippen LogP contribution in [0.2, 0.25) is 0 Å². The predicted molar refractivity (Wildman–Crippen MR) is 110 cm³/mol. The highest BCUT2D eigenvalue weighted by Gasteiger charge is 2.29. The van der Waals surface area contributed by atoms with Crippen LogP contribution in [0.25, 0.3) is 11.2 Å². The maximum absolute atomic E-state index is 12.4. The van der Waals surface area contributed by atoms with Gasteiger partial charge in [0.1, 0.15) is 12.3 Å². The lowest BCUT2D eigenvalue weighted by molar-refractivity contribution is -0.143. The van der Waals surface area contributed by atoms with Gasteiger partial charge in [-0.3, -0.25) is 14.6 Å². The van der Waals surface area contributed by atoms with Crippen LogP contribution >= 0.6 is 0 Å². The molecule has 0 spiro atoms. The molecule has 0 aromatic carbocycles. The molecule has 1 fully saturated rings. The number of rotatable bonds is 9. The van der Waals surface area contributed by atoms with Crippen LogP contribution in [-0.2, 0) is 20.9 Å². The topological polar surface area (TPSA) is 193 Å². The van der Waals surface area contributed by atoms with Crippen molar-refractivity contribution in [2.45, 2.75) is 57.2 Å². The van der Waals surface area contributed by atoms with Crippen molar-refractivity contribution in [2.75, 3.05) is 5.73 Å².